The van der Waals surface area contributed by atoms with Crippen LogP contribution in [0.5, 0.6) is 0 Å². The summed E-state index contributed by atoms with van der Waals surface area (Å²) in [6.45, 7) is 15.4. The normalized spacial score (nSPS) is 8.86. The highest BCUT2D eigenvalue weighted by Crippen LogP contribution is 2.03. The molecule has 0 aliphatic heterocycles. The highest BCUT2D eigenvalue weighted by atomic mass is 16.7. The van der Waals surface area contributed by atoms with Crippen molar-refractivity contribution in [1.29, 1.82) is 0 Å². The summed E-state index contributed by atoms with van der Waals surface area (Å²) in [6.07, 6.45) is 0.454. The molecule has 88 valence electrons. The zero-order valence-corrected chi connectivity index (χ0v) is 11.0. The van der Waals surface area contributed by atoms with Crippen LogP contribution < -0.4 is 5.48 Å². The minimum Gasteiger partial charge on any atom is -0.273 e. The van der Waals surface area contributed by atoms with Gasteiger partial charge in [0.15, 0.2) is 0 Å². The first-order chi connectivity index (χ1) is 6.45. The third-order valence-electron chi connectivity index (χ3n) is 0.792. The lowest BCUT2D eigenvalue weighted by molar-refractivity contribution is -0.145. The van der Waals surface area contributed by atoms with Gasteiger partial charge in [0, 0.05) is 6.42 Å². The van der Waals surface area contributed by atoms with Crippen molar-refractivity contribution in [3.63, 3.8) is 0 Å². The fourth-order valence-corrected chi connectivity index (χ4v) is 0.282. The maximum absolute atomic E-state index is 10.6. The van der Waals surface area contributed by atoms with E-state index in [1.165, 1.54) is 0 Å². The van der Waals surface area contributed by atoms with Crippen molar-refractivity contribution in [2.75, 3.05) is 0 Å². The first kappa shape index (κ1) is 19.1. The second-order valence-corrected chi connectivity index (χ2v) is 3.09. The molecule has 0 fully saturated rings. The molecule has 0 bridgehead atoms. The molecule has 0 radical (unpaired) electrons. The molecule has 0 saturated heterocycles. The van der Waals surface area contributed by atoms with Gasteiger partial charge in [-0.1, -0.05) is 34.6 Å². The highest BCUT2D eigenvalue weighted by molar-refractivity contribution is 5.74. The van der Waals surface area contributed by atoms with Crippen LogP contribution in [0.4, 0.5) is 0 Å². The number of amides is 1. The Balaban J connectivity index is -0.000000266. The SMILES string of the molecule is CC.CC.CCC(=O)NOC(C)(C)C. The average molecular weight is 205 g/mol. The van der Waals surface area contributed by atoms with E-state index < -0.39 is 0 Å². The van der Waals surface area contributed by atoms with E-state index in [1.807, 2.05) is 48.5 Å². The van der Waals surface area contributed by atoms with Crippen molar-refractivity contribution in [1.82, 2.24) is 5.48 Å². The molecule has 0 unspecified atom stereocenters. The fraction of sp³-hybridized carbons (Fsp3) is 0.909. The molecule has 0 aromatic heterocycles. The molecule has 0 heterocycles. The molecule has 1 amide bonds. The van der Waals surface area contributed by atoms with Crippen LogP contribution in [0, 0.1) is 0 Å². The number of carbonyl (C=O) groups is 1. The van der Waals surface area contributed by atoms with Crippen LogP contribution in [0.1, 0.15) is 61.8 Å². The van der Waals surface area contributed by atoms with Gasteiger partial charge in [-0.3, -0.25) is 9.63 Å². The zero-order chi connectivity index (χ0) is 12.2. The van der Waals surface area contributed by atoms with Crippen molar-refractivity contribution >= 4 is 5.91 Å². The van der Waals surface area contributed by atoms with Gasteiger partial charge in [0.1, 0.15) is 0 Å². The summed E-state index contributed by atoms with van der Waals surface area (Å²) in [7, 11) is 0. The van der Waals surface area contributed by atoms with E-state index in [0.29, 0.717) is 6.42 Å². The van der Waals surface area contributed by atoms with E-state index in [9.17, 15) is 4.79 Å². The van der Waals surface area contributed by atoms with Gasteiger partial charge in [0.05, 0.1) is 5.60 Å². The van der Waals surface area contributed by atoms with E-state index in [-0.39, 0.29) is 11.5 Å². The second kappa shape index (κ2) is 12.4. The first-order valence-corrected chi connectivity index (χ1v) is 5.42. The molecule has 1 N–H and O–H groups in total. The largest absolute Gasteiger partial charge is 0.273 e. The lowest BCUT2D eigenvalue weighted by atomic mass is 10.2. The van der Waals surface area contributed by atoms with Crippen LogP contribution in [0.25, 0.3) is 0 Å². The maximum atomic E-state index is 10.6. The van der Waals surface area contributed by atoms with Gasteiger partial charge < -0.3 is 0 Å². The summed E-state index contributed by atoms with van der Waals surface area (Å²) in [4.78, 5) is 15.6. The van der Waals surface area contributed by atoms with Gasteiger partial charge in [-0.25, -0.2) is 5.48 Å². The Morgan fingerprint density at radius 3 is 1.71 bits per heavy atom. The predicted octanol–water partition coefficient (Wildman–Crippen LogP) is 3.30. The smallest absolute Gasteiger partial charge is 0.243 e. The minimum atomic E-state index is -0.301. The molecule has 3 heteroatoms. The molecule has 0 aliphatic carbocycles. The Kier molecular flexibility index (Phi) is 16.9. The summed E-state index contributed by atoms with van der Waals surface area (Å²) in [5.74, 6) is -0.0880. The van der Waals surface area contributed by atoms with Gasteiger partial charge in [-0.2, -0.15) is 0 Å². The Morgan fingerprint density at radius 1 is 1.14 bits per heavy atom. The second-order valence-electron chi connectivity index (χ2n) is 3.09. The fourth-order valence-electron chi connectivity index (χ4n) is 0.282. The minimum absolute atomic E-state index is 0.0880. The van der Waals surface area contributed by atoms with E-state index in [0.717, 1.165) is 0 Å². The first-order valence-electron chi connectivity index (χ1n) is 5.42. The van der Waals surface area contributed by atoms with E-state index in [1.54, 1.807) is 6.92 Å². The molecule has 0 atom stereocenters. The van der Waals surface area contributed by atoms with Gasteiger partial charge in [0.25, 0.3) is 0 Å². The number of hydrogen-bond acceptors (Lipinski definition) is 2. The lowest BCUT2D eigenvalue weighted by Crippen LogP contribution is -2.32. The molecule has 0 aromatic rings. The predicted molar refractivity (Wildman–Crippen MR) is 62.0 cm³/mol. The van der Waals surface area contributed by atoms with Gasteiger partial charge in [-0.05, 0) is 20.8 Å². The van der Waals surface area contributed by atoms with Gasteiger partial charge in [0.2, 0.25) is 5.91 Å². The van der Waals surface area contributed by atoms with Gasteiger partial charge >= 0.3 is 0 Å². The molecular formula is C11H27NO2. The number of hydrogen-bond donors (Lipinski definition) is 1. The molecule has 0 spiro atoms. The Bertz CT molecular complexity index is 117. The summed E-state index contributed by atoms with van der Waals surface area (Å²) >= 11 is 0. The lowest BCUT2D eigenvalue weighted by Gasteiger charge is -2.18. The number of nitrogens with one attached hydrogen (secondary N) is 1. The number of hydroxylamine groups is 1. The molecule has 0 aromatic carbocycles. The summed E-state index contributed by atoms with van der Waals surface area (Å²) < 4.78 is 0. The Morgan fingerprint density at radius 2 is 1.50 bits per heavy atom. The van der Waals surface area contributed by atoms with Crippen molar-refractivity contribution in [2.45, 2.75) is 67.4 Å². The van der Waals surface area contributed by atoms with Crippen molar-refractivity contribution < 1.29 is 9.63 Å². The van der Waals surface area contributed by atoms with E-state index in [4.69, 9.17) is 4.84 Å². The van der Waals surface area contributed by atoms with E-state index >= 15 is 0 Å². The summed E-state index contributed by atoms with van der Waals surface area (Å²) in [5.41, 5.74) is 2.03. The third kappa shape index (κ3) is 22.5. The van der Waals surface area contributed by atoms with Crippen LogP contribution in [0.3, 0.4) is 0 Å². The van der Waals surface area contributed by atoms with Crippen molar-refractivity contribution in [2.24, 2.45) is 0 Å². The van der Waals surface area contributed by atoms with E-state index in [2.05, 4.69) is 5.48 Å². The maximum Gasteiger partial charge on any atom is 0.243 e. The monoisotopic (exact) mass is 205 g/mol. The summed E-state index contributed by atoms with van der Waals surface area (Å²) in [6, 6.07) is 0. The van der Waals surface area contributed by atoms with Crippen LogP contribution in [-0.4, -0.2) is 11.5 Å². The van der Waals surface area contributed by atoms with Gasteiger partial charge in [-0.15, -0.1) is 0 Å². The number of rotatable bonds is 2. The molecule has 3 nitrogen and oxygen atoms in total. The molecule has 0 aliphatic rings. The van der Waals surface area contributed by atoms with Crippen LogP contribution in [0.15, 0.2) is 0 Å². The molecule has 14 heavy (non-hydrogen) atoms. The van der Waals surface area contributed by atoms with Crippen molar-refractivity contribution in [3.8, 4) is 0 Å². The van der Waals surface area contributed by atoms with Crippen LogP contribution >= 0.6 is 0 Å². The van der Waals surface area contributed by atoms with Crippen LogP contribution in [0.2, 0.25) is 0 Å². The average Bonchev–Trinajstić information content (AvgIpc) is 2.19. The quantitative estimate of drug-likeness (QED) is 0.702. The van der Waals surface area contributed by atoms with Crippen LogP contribution in [-0.2, 0) is 9.63 Å². The molecular weight excluding hydrogens is 178 g/mol. The summed E-state index contributed by atoms with van der Waals surface area (Å²) in [5, 5.41) is 0. The number of carbonyl (C=O) groups excluding carboxylic acids is 1. The highest BCUT2D eigenvalue weighted by Gasteiger charge is 2.11. The van der Waals surface area contributed by atoms with Crippen molar-refractivity contribution in [3.05, 3.63) is 0 Å². The molecule has 0 saturated carbocycles. The Hall–Kier alpha value is -0.570. The Labute approximate surface area is 89.2 Å². The molecule has 0 rings (SSSR count). The zero-order valence-electron chi connectivity index (χ0n) is 11.0. The standard InChI is InChI=1S/C7H15NO2.2C2H6/c1-5-6(9)8-10-7(2,3)4;2*1-2/h5H2,1-4H3,(H,8,9);2*1-2H3. The third-order valence-corrected chi connectivity index (χ3v) is 0.792. The topological polar surface area (TPSA) is 38.3 Å².